The van der Waals surface area contributed by atoms with Gasteiger partial charge in [-0.05, 0) is 81.7 Å². The highest BCUT2D eigenvalue weighted by Crippen LogP contribution is 2.46. The smallest absolute Gasteiger partial charge is 0.416 e. The van der Waals surface area contributed by atoms with Gasteiger partial charge in [-0.15, -0.1) is 0 Å². The Hall–Kier alpha value is -2.92. The first-order valence-electron chi connectivity index (χ1n) is 14.3. The van der Waals surface area contributed by atoms with Crippen LogP contribution in [0.15, 0.2) is 30.3 Å². The summed E-state index contributed by atoms with van der Waals surface area (Å²) in [5.74, 6) is -1.83. The number of carbonyl (C=O) groups excluding carboxylic acids is 2. The molecule has 12 heteroatoms. The number of carbonyl (C=O) groups is 2. The van der Waals surface area contributed by atoms with Crippen molar-refractivity contribution in [2.75, 3.05) is 26.2 Å². The van der Waals surface area contributed by atoms with E-state index in [9.17, 15) is 22.8 Å². The monoisotopic (exact) mass is 628 g/mol. The normalized spacial score (nSPS) is 20.6. The van der Waals surface area contributed by atoms with Gasteiger partial charge in [-0.1, -0.05) is 17.7 Å². The van der Waals surface area contributed by atoms with Crippen LogP contribution in [0.2, 0.25) is 5.02 Å². The van der Waals surface area contributed by atoms with Gasteiger partial charge in [0, 0.05) is 37.3 Å². The molecule has 2 aliphatic heterocycles. The van der Waals surface area contributed by atoms with E-state index < -0.39 is 53.4 Å². The molecule has 234 valence electrons. The van der Waals surface area contributed by atoms with E-state index in [4.69, 9.17) is 21.1 Å². The largest absolute Gasteiger partial charge is 0.490 e. The molecule has 0 bridgehead atoms. The number of amides is 1. The van der Waals surface area contributed by atoms with Gasteiger partial charge in [0.25, 0.3) is 5.91 Å². The molecule has 5 rings (SSSR count). The van der Waals surface area contributed by atoms with E-state index in [0.29, 0.717) is 24.9 Å². The van der Waals surface area contributed by atoms with Gasteiger partial charge < -0.3 is 14.4 Å². The van der Waals surface area contributed by atoms with Crippen molar-refractivity contribution in [1.82, 2.24) is 9.80 Å². The molecule has 1 aliphatic carbocycles. The maximum Gasteiger partial charge on any atom is 0.416 e. The first-order chi connectivity index (χ1) is 20.0. The fraction of sp³-hybridized carbons (Fsp3) is 0.548. The SMILES string of the molecule is CC(C)(C)OC(=O)C1CCCN1C(=O)c1cc(C2CC2)c(OCC2(F)CN(Cc3ccc(Cl)cc3C(F)(F)F)C2)cc1F. The van der Waals surface area contributed by atoms with Crippen molar-refractivity contribution in [2.24, 2.45) is 0 Å². The molecule has 1 atom stereocenters. The predicted octanol–water partition coefficient (Wildman–Crippen LogP) is 6.92. The minimum atomic E-state index is -4.59. The summed E-state index contributed by atoms with van der Waals surface area (Å²) in [4.78, 5) is 29.0. The highest BCUT2D eigenvalue weighted by atomic mass is 35.5. The third-order valence-electron chi connectivity index (χ3n) is 7.81. The summed E-state index contributed by atoms with van der Waals surface area (Å²) in [5, 5.41) is -0.0392. The van der Waals surface area contributed by atoms with E-state index in [0.717, 1.165) is 25.0 Å². The summed E-state index contributed by atoms with van der Waals surface area (Å²) < 4.78 is 82.3. The average molecular weight is 629 g/mol. The Kier molecular flexibility index (Phi) is 8.45. The molecule has 43 heavy (non-hydrogen) atoms. The minimum absolute atomic E-state index is 0.00914. The standard InChI is InChI=1S/C31H34ClF5N2O4/c1-29(2,3)43-28(41)25-5-4-10-39(25)27(40)22-12-21(18-6-7-18)26(13-24(22)33)42-17-30(34)15-38(16-30)14-19-8-9-20(32)11-23(19)31(35,36)37/h8-9,11-13,18,25H,4-7,10,14-17H2,1-3H3. The molecule has 2 aromatic carbocycles. The minimum Gasteiger partial charge on any atom is -0.490 e. The van der Waals surface area contributed by atoms with E-state index >= 15 is 8.78 Å². The van der Waals surface area contributed by atoms with Gasteiger partial charge in [-0.25, -0.2) is 13.6 Å². The molecule has 1 amide bonds. The van der Waals surface area contributed by atoms with Gasteiger partial charge in [0.1, 0.15) is 29.8 Å². The Morgan fingerprint density at radius 2 is 1.77 bits per heavy atom. The van der Waals surface area contributed by atoms with Gasteiger partial charge in [0.05, 0.1) is 11.1 Å². The van der Waals surface area contributed by atoms with Crippen LogP contribution in [-0.4, -0.2) is 65.2 Å². The summed E-state index contributed by atoms with van der Waals surface area (Å²) in [7, 11) is 0. The van der Waals surface area contributed by atoms with Crippen LogP contribution in [0.25, 0.3) is 0 Å². The fourth-order valence-electron chi connectivity index (χ4n) is 5.71. The maximum absolute atomic E-state index is 15.4. The van der Waals surface area contributed by atoms with E-state index in [1.54, 1.807) is 20.8 Å². The Morgan fingerprint density at radius 3 is 2.40 bits per heavy atom. The van der Waals surface area contributed by atoms with Gasteiger partial charge in [-0.2, -0.15) is 13.2 Å². The molecule has 1 unspecified atom stereocenters. The molecule has 3 aliphatic rings. The zero-order valence-corrected chi connectivity index (χ0v) is 25.0. The number of hydrogen-bond acceptors (Lipinski definition) is 5. The Labute approximate surface area is 252 Å². The zero-order valence-electron chi connectivity index (χ0n) is 24.2. The van der Waals surface area contributed by atoms with Crippen LogP contribution < -0.4 is 4.74 Å². The van der Waals surface area contributed by atoms with Crippen LogP contribution in [0, 0.1) is 5.82 Å². The fourth-order valence-corrected chi connectivity index (χ4v) is 5.88. The van der Waals surface area contributed by atoms with Crippen molar-refractivity contribution in [3.05, 3.63) is 63.4 Å². The molecule has 1 saturated carbocycles. The number of ether oxygens (including phenoxy) is 2. The molecular formula is C31H34ClF5N2O4. The van der Waals surface area contributed by atoms with Crippen molar-refractivity contribution < 1.29 is 41.0 Å². The molecular weight excluding hydrogens is 595 g/mol. The van der Waals surface area contributed by atoms with Crippen LogP contribution >= 0.6 is 11.6 Å². The van der Waals surface area contributed by atoms with Gasteiger partial charge in [-0.3, -0.25) is 9.69 Å². The molecule has 2 saturated heterocycles. The summed E-state index contributed by atoms with van der Waals surface area (Å²) in [6.07, 6.45) is -1.99. The summed E-state index contributed by atoms with van der Waals surface area (Å²) in [6, 6.07) is 5.22. The second-order valence-electron chi connectivity index (χ2n) is 12.7. The second-order valence-corrected chi connectivity index (χ2v) is 13.2. The lowest BCUT2D eigenvalue weighted by Gasteiger charge is -2.44. The number of likely N-dealkylation sites (tertiary alicyclic amines) is 2. The molecule has 6 nitrogen and oxygen atoms in total. The highest BCUT2D eigenvalue weighted by molar-refractivity contribution is 6.30. The lowest BCUT2D eigenvalue weighted by atomic mass is 9.95. The third-order valence-corrected chi connectivity index (χ3v) is 8.05. The van der Waals surface area contributed by atoms with E-state index in [1.165, 1.54) is 28.0 Å². The molecule has 0 radical (unpaired) electrons. The number of hydrogen-bond donors (Lipinski definition) is 0. The number of nitrogens with zero attached hydrogens (tertiary/aromatic N) is 2. The lowest BCUT2D eigenvalue weighted by Crippen LogP contribution is -2.61. The van der Waals surface area contributed by atoms with Gasteiger partial charge in [0.2, 0.25) is 0 Å². The van der Waals surface area contributed by atoms with Crippen LogP contribution in [0.1, 0.15) is 79.4 Å². The number of halogens is 6. The second kappa shape index (κ2) is 11.5. The molecule has 3 fully saturated rings. The van der Waals surface area contributed by atoms with E-state index in [1.807, 2.05) is 0 Å². The Bertz CT molecular complexity index is 1400. The number of esters is 1. The molecule has 0 aromatic heterocycles. The molecule has 0 spiro atoms. The van der Waals surface area contributed by atoms with Crippen molar-refractivity contribution in [3.63, 3.8) is 0 Å². The van der Waals surface area contributed by atoms with Crippen LogP contribution in [-0.2, 0) is 22.3 Å². The summed E-state index contributed by atoms with van der Waals surface area (Å²) >= 11 is 5.75. The van der Waals surface area contributed by atoms with Crippen molar-refractivity contribution in [1.29, 1.82) is 0 Å². The van der Waals surface area contributed by atoms with Crippen LogP contribution in [0.5, 0.6) is 5.75 Å². The number of alkyl halides is 4. The number of rotatable bonds is 8. The summed E-state index contributed by atoms with van der Waals surface area (Å²) in [5.41, 5.74) is -3.03. The molecule has 2 heterocycles. The first-order valence-corrected chi connectivity index (χ1v) is 14.7. The quantitative estimate of drug-likeness (QED) is 0.235. The zero-order chi connectivity index (χ0) is 31.3. The first kappa shape index (κ1) is 31.5. The van der Waals surface area contributed by atoms with Crippen LogP contribution in [0.4, 0.5) is 22.0 Å². The van der Waals surface area contributed by atoms with Crippen molar-refractivity contribution in [3.8, 4) is 5.75 Å². The predicted molar refractivity (Wildman–Crippen MR) is 149 cm³/mol. The number of benzene rings is 2. The maximum atomic E-state index is 15.4. The lowest BCUT2D eigenvalue weighted by molar-refractivity contribution is -0.159. The third kappa shape index (κ3) is 7.25. The molecule has 2 aromatic rings. The van der Waals surface area contributed by atoms with Gasteiger partial charge in [0.15, 0.2) is 5.67 Å². The van der Waals surface area contributed by atoms with Crippen LogP contribution in [0.3, 0.4) is 0 Å². The molecule has 0 N–H and O–H groups in total. The highest BCUT2D eigenvalue weighted by Gasteiger charge is 2.46. The van der Waals surface area contributed by atoms with E-state index in [-0.39, 0.29) is 47.5 Å². The van der Waals surface area contributed by atoms with Crippen molar-refractivity contribution >= 4 is 23.5 Å². The van der Waals surface area contributed by atoms with E-state index in [2.05, 4.69) is 0 Å². The summed E-state index contributed by atoms with van der Waals surface area (Å²) in [6.45, 7) is 4.64. The average Bonchev–Trinajstić information content (AvgIpc) is 3.60. The Morgan fingerprint density at radius 1 is 1.07 bits per heavy atom. The topological polar surface area (TPSA) is 59.1 Å². The Balaban J connectivity index is 1.25. The van der Waals surface area contributed by atoms with Gasteiger partial charge >= 0.3 is 12.1 Å². The van der Waals surface area contributed by atoms with Crippen molar-refractivity contribution in [2.45, 2.75) is 82.4 Å².